The van der Waals surface area contributed by atoms with E-state index in [0.29, 0.717) is 30.4 Å². The summed E-state index contributed by atoms with van der Waals surface area (Å²) in [6.07, 6.45) is 2.32. The molecule has 0 bridgehead atoms. The lowest BCUT2D eigenvalue weighted by Crippen LogP contribution is -2.32. The van der Waals surface area contributed by atoms with Gasteiger partial charge in [0.15, 0.2) is 5.00 Å². The van der Waals surface area contributed by atoms with Gasteiger partial charge in [0.2, 0.25) is 5.88 Å². The van der Waals surface area contributed by atoms with Gasteiger partial charge >= 0.3 is 4.87 Å². The molecule has 1 aromatic heterocycles. The minimum absolute atomic E-state index is 0.158. The topological polar surface area (TPSA) is 116 Å². The molecule has 0 aliphatic heterocycles. The zero-order valence-electron chi connectivity index (χ0n) is 18.7. The number of rotatable bonds is 14. The van der Waals surface area contributed by atoms with Gasteiger partial charge in [0, 0.05) is 12.2 Å². The Morgan fingerprint density at radius 1 is 1.06 bits per heavy atom. The van der Waals surface area contributed by atoms with Crippen LogP contribution in [0.4, 0.5) is 10.7 Å². The molecule has 0 unspecified atom stereocenters. The molecule has 1 heterocycles. The van der Waals surface area contributed by atoms with E-state index >= 15 is 0 Å². The number of aliphatic hydroxyl groups excluding tert-OH is 1. The molecule has 0 saturated heterocycles. The summed E-state index contributed by atoms with van der Waals surface area (Å²) in [5, 5.41) is 26.4. The van der Waals surface area contributed by atoms with Crippen LogP contribution >= 0.6 is 11.3 Å². The van der Waals surface area contributed by atoms with Gasteiger partial charge in [0.25, 0.3) is 0 Å². The number of unbranched alkanes of at least 4 members (excludes halogenated alkanes) is 1. The molecule has 178 valence electrons. The third-order valence-electron chi connectivity index (χ3n) is 4.85. The molecule has 0 aliphatic rings. The number of aromatic hydroxyl groups is 1. The normalized spacial score (nSPS) is 11.8. The Hall–Kier alpha value is -3.01. The number of hydrogen-bond acceptors (Lipinski definition) is 8. The van der Waals surface area contributed by atoms with Crippen molar-refractivity contribution < 1.29 is 19.7 Å². The van der Waals surface area contributed by atoms with E-state index in [2.05, 4.69) is 22.5 Å². The summed E-state index contributed by atoms with van der Waals surface area (Å²) in [6, 6.07) is 15.2. The van der Waals surface area contributed by atoms with Crippen LogP contribution in [0.2, 0.25) is 0 Å². The standard InChI is InChI=1S/C24H31N3O5S/c1-2-3-14-31-20-8-10-21(11-9-20)32-16-19(28)15-25-13-12-17-4-6-18(7-5-17)26-23-22(29)27-24(30)33-23/h4-11,19,25-26,28-29H,2-3,12-16H2,1H3,(H,27,30)/t19-/m0/s1. The first-order valence-corrected chi connectivity index (χ1v) is 11.9. The highest BCUT2D eigenvalue weighted by Crippen LogP contribution is 2.27. The van der Waals surface area contributed by atoms with Gasteiger partial charge in [-0.1, -0.05) is 36.8 Å². The summed E-state index contributed by atoms with van der Waals surface area (Å²) < 4.78 is 11.3. The second-order valence-corrected chi connectivity index (χ2v) is 8.59. The summed E-state index contributed by atoms with van der Waals surface area (Å²) in [7, 11) is 0. The predicted molar refractivity (Wildman–Crippen MR) is 131 cm³/mol. The molecule has 3 aromatic rings. The summed E-state index contributed by atoms with van der Waals surface area (Å²) >= 11 is 0.918. The molecule has 33 heavy (non-hydrogen) atoms. The Labute approximate surface area is 197 Å². The van der Waals surface area contributed by atoms with Gasteiger partial charge in [0.05, 0.1) is 6.61 Å². The van der Waals surface area contributed by atoms with Crippen LogP contribution in [0.15, 0.2) is 53.3 Å². The van der Waals surface area contributed by atoms with Crippen molar-refractivity contribution in [3.8, 4) is 17.4 Å². The van der Waals surface area contributed by atoms with Crippen molar-refractivity contribution in [3.63, 3.8) is 0 Å². The average Bonchev–Trinajstić information content (AvgIpc) is 3.13. The molecule has 0 fully saturated rings. The maximum absolute atomic E-state index is 11.2. The minimum atomic E-state index is -0.613. The maximum Gasteiger partial charge on any atom is 0.309 e. The molecule has 0 spiro atoms. The van der Waals surface area contributed by atoms with E-state index < -0.39 is 6.10 Å². The van der Waals surface area contributed by atoms with Crippen LogP contribution in [0.3, 0.4) is 0 Å². The van der Waals surface area contributed by atoms with E-state index in [1.54, 1.807) is 0 Å². The van der Waals surface area contributed by atoms with Gasteiger partial charge in [-0.2, -0.15) is 0 Å². The van der Waals surface area contributed by atoms with Gasteiger partial charge in [-0.15, -0.1) is 0 Å². The van der Waals surface area contributed by atoms with Gasteiger partial charge in [-0.25, -0.2) is 0 Å². The van der Waals surface area contributed by atoms with Crippen LogP contribution in [0.5, 0.6) is 17.4 Å². The number of hydrogen-bond donors (Lipinski definition) is 5. The molecule has 8 nitrogen and oxygen atoms in total. The summed E-state index contributed by atoms with van der Waals surface area (Å²) in [6.45, 7) is 4.20. The highest BCUT2D eigenvalue weighted by atomic mass is 32.1. The van der Waals surface area contributed by atoms with Crippen molar-refractivity contribution >= 4 is 22.0 Å². The first-order valence-electron chi connectivity index (χ1n) is 11.1. The fraction of sp³-hybridized carbons (Fsp3) is 0.375. The van der Waals surface area contributed by atoms with Crippen molar-refractivity contribution in [3.05, 3.63) is 63.8 Å². The average molecular weight is 474 g/mol. The van der Waals surface area contributed by atoms with Crippen LogP contribution < -0.4 is 25.0 Å². The SMILES string of the molecule is CCCCOc1ccc(OC[C@@H](O)CNCCc2ccc(Nc3sc(=O)[nH]c3O)cc2)cc1. The third kappa shape index (κ3) is 8.45. The number of aliphatic hydroxyl groups is 1. The molecule has 0 amide bonds. The Kier molecular flexibility index (Phi) is 9.61. The van der Waals surface area contributed by atoms with Gasteiger partial charge in [-0.05, 0) is 61.3 Å². The highest BCUT2D eigenvalue weighted by Gasteiger charge is 2.07. The highest BCUT2D eigenvalue weighted by molar-refractivity contribution is 7.13. The molecule has 9 heteroatoms. The molecule has 2 aromatic carbocycles. The molecular formula is C24H31N3O5S. The third-order valence-corrected chi connectivity index (χ3v) is 5.63. The van der Waals surface area contributed by atoms with E-state index in [9.17, 15) is 15.0 Å². The van der Waals surface area contributed by atoms with Gasteiger partial charge in [-0.3, -0.25) is 9.78 Å². The minimum Gasteiger partial charge on any atom is -0.494 e. The Balaban J connectivity index is 1.31. The number of H-pyrrole nitrogens is 1. The summed E-state index contributed by atoms with van der Waals surface area (Å²) in [5.41, 5.74) is 1.91. The monoisotopic (exact) mass is 473 g/mol. The van der Waals surface area contributed by atoms with Crippen LogP contribution in [-0.4, -0.2) is 47.6 Å². The first-order chi connectivity index (χ1) is 16.0. The van der Waals surface area contributed by atoms with E-state index in [0.717, 1.165) is 47.6 Å². The molecular weight excluding hydrogens is 442 g/mol. The quantitative estimate of drug-likeness (QED) is 0.227. The largest absolute Gasteiger partial charge is 0.494 e. The number of nitrogens with one attached hydrogen (secondary N) is 3. The molecule has 5 N–H and O–H groups in total. The molecule has 0 radical (unpaired) electrons. The van der Waals surface area contributed by atoms with Crippen LogP contribution in [-0.2, 0) is 6.42 Å². The van der Waals surface area contributed by atoms with E-state index in [4.69, 9.17) is 9.47 Å². The van der Waals surface area contributed by atoms with Crippen molar-refractivity contribution in [1.82, 2.24) is 10.3 Å². The summed E-state index contributed by atoms with van der Waals surface area (Å²) in [5.74, 6) is 1.36. The number of ether oxygens (including phenoxy) is 2. The zero-order chi connectivity index (χ0) is 23.5. The van der Waals surface area contributed by atoms with E-state index in [-0.39, 0.29) is 17.4 Å². The van der Waals surface area contributed by atoms with Crippen LogP contribution in [0.25, 0.3) is 0 Å². The number of aromatic nitrogens is 1. The summed E-state index contributed by atoms with van der Waals surface area (Å²) in [4.78, 5) is 13.3. The Morgan fingerprint density at radius 2 is 1.76 bits per heavy atom. The lowest BCUT2D eigenvalue weighted by atomic mass is 10.1. The smallest absolute Gasteiger partial charge is 0.309 e. The fourth-order valence-electron chi connectivity index (χ4n) is 3.01. The van der Waals surface area contributed by atoms with E-state index in [1.165, 1.54) is 0 Å². The molecule has 0 saturated carbocycles. The lowest BCUT2D eigenvalue weighted by Gasteiger charge is -2.14. The number of anilines is 2. The second kappa shape index (κ2) is 12.9. The van der Waals surface area contributed by atoms with Crippen LogP contribution in [0, 0.1) is 0 Å². The number of thiazole rings is 1. The Morgan fingerprint density at radius 3 is 2.39 bits per heavy atom. The second-order valence-electron chi connectivity index (χ2n) is 7.61. The lowest BCUT2D eigenvalue weighted by molar-refractivity contribution is 0.106. The maximum atomic E-state index is 11.2. The van der Waals surface area contributed by atoms with Crippen molar-refractivity contribution in [2.75, 3.05) is 31.6 Å². The zero-order valence-corrected chi connectivity index (χ0v) is 19.5. The molecule has 3 rings (SSSR count). The Bertz CT molecular complexity index is 1020. The first kappa shape index (κ1) is 24.6. The fourth-order valence-corrected chi connectivity index (χ4v) is 3.66. The van der Waals surface area contributed by atoms with Crippen LogP contribution in [0.1, 0.15) is 25.3 Å². The molecule has 1 atom stereocenters. The number of benzene rings is 2. The van der Waals surface area contributed by atoms with Crippen molar-refractivity contribution in [2.24, 2.45) is 0 Å². The predicted octanol–water partition coefficient (Wildman–Crippen LogP) is 3.64. The van der Waals surface area contributed by atoms with E-state index in [1.807, 2.05) is 48.5 Å². The van der Waals surface area contributed by atoms with Crippen molar-refractivity contribution in [1.29, 1.82) is 0 Å². The van der Waals surface area contributed by atoms with Gasteiger partial charge < -0.3 is 30.3 Å². The van der Waals surface area contributed by atoms with Gasteiger partial charge in [0.1, 0.15) is 24.2 Å². The van der Waals surface area contributed by atoms with Crippen molar-refractivity contribution in [2.45, 2.75) is 32.3 Å². The molecule has 0 aliphatic carbocycles. The number of aromatic amines is 1.